The third-order valence-corrected chi connectivity index (χ3v) is 1.65. The summed E-state index contributed by atoms with van der Waals surface area (Å²) in [7, 11) is 1.63. The first-order chi connectivity index (χ1) is 7.03. The molecule has 0 radical (unpaired) electrons. The molecule has 15 heavy (non-hydrogen) atoms. The van der Waals surface area contributed by atoms with Gasteiger partial charge in [-0.05, 0) is 38.8 Å². The van der Waals surface area contributed by atoms with Crippen molar-refractivity contribution in [1.82, 2.24) is 0 Å². The lowest BCUT2D eigenvalue weighted by atomic mass is 10.2. The normalized spacial score (nSPS) is 10.1. The van der Waals surface area contributed by atoms with Gasteiger partial charge < -0.3 is 9.47 Å². The maximum Gasteiger partial charge on any atom is 0.134 e. The topological polar surface area (TPSA) is 18.5 Å². The third-order valence-electron chi connectivity index (χ3n) is 1.65. The molecule has 0 aromatic heterocycles. The van der Waals surface area contributed by atoms with Crippen molar-refractivity contribution >= 4 is 0 Å². The summed E-state index contributed by atoms with van der Waals surface area (Å²) in [5.41, 5.74) is 0.596. The number of hydrogen-bond donors (Lipinski definition) is 0. The van der Waals surface area contributed by atoms with E-state index in [-0.39, 0.29) is 5.60 Å². The van der Waals surface area contributed by atoms with E-state index in [0.29, 0.717) is 0 Å². The first-order valence-electron chi connectivity index (χ1n) is 4.85. The second-order valence-electron chi connectivity index (χ2n) is 4.14. The molecule has 80 valence electrons. The van der Waals surface area contributed by atoms with Crippen LogP contribution in [0, 0.1) is 12.0 Å². The van der Waals surface area contributed by atoms with E-state index in [9.17, 15) is 0 Å². The zero-order valence-corrected chi connectivity index (χ0v) is 9.63. The average Bonchev–Trinajstić information content (AvgIpc) is 2.16. The van der Waals surface area contributed by atoms with Crippen molar-refractivity contribution in [3.63, 3.8) is 0 Å². The highest BCUT2D eigenvalue weighted by Gasteiger charge is 2.08. The number of methoxy groups -OCH3 is 1. The molecular weight excluding hydrogens is 188 g/mol. The molecule has 0 saturated heterocycles. The van der Waals surface area contributed by atoms with Gasteiger partial charge in [-0.3, -0.25) is 0 Å². The summed E-state index contributed by atoms with van der Waals surface area (Å²) in [6, 6.07) is 7.61. The van der Waals surface area contributed by atoms with Crippen LogP contribution in [0.4, 0.5) is 0 Å². The van der Waals surface area contributed by atoms with Crippen molar-refractivity contribution in [2.45, 2.75) is 26.4 Å². The highest BCUT2D eigenvalue weighted by atomic mass is 16.5. The molecule has 0 spiro atoms. The van der Waals surface area contributed by atoms with Crippen LogP contribution in [-0.2, 0) is 4.74 Å². The van der Waals surface area contributed by atoms with Gasteiger partial charge in [-0.25, -0.2) is 0 Å². The first-order valence-corrected chi connectivity index (χ1v) is 4.85. The van der Waals surface area contributed by atoms with Crippen molar-refractivity contribution in [1.29, 1.82) is 0 Å². The Bertz CT molecular complexity index is 378. The van der Waals surface area contributed by atoms with Crippen LogP contribution in [0.2, 0.25) is 0 Å². The van der Waals surface area contributed by atoms with Crippen LogP contribution < -0.4 is 4.74 Å². The van der Waals surface area contributed by atoms with E-state index in [1.807, 2.05) is 45.0 Å². The maximum atomic E-state index is 5.32. The Hall–Kier alpha value is -1.62. The Morgan fingerprint density at radius 2 is 1.80 bits per heavy atom. The highest BCUT2D eigenvalue weighted by Crippen LogP contribution is 2.15. The van der Waals surface area contributed by atoms with Gasteiger partial charge in [0.2, 0.25) is 0 Å². The van der Waals surface area contributed by atoms with Gasteiger partial charge in [-0.2, -0.15) is 0 Å². The van der Waals surface area contributed by atoms with Crippen molar-refractivity contribution in [3.05, 3.63) is 29.8 Å². The minimum absolute atomic E-state index is 0.241. The monoisotopic (exact) mass is 204 g/mol. The summed E-state index contributed by atoms with van der Waals surface area (Å²) in [5.74, 6) is 3.69. The van der Waals surface area contributed by atoms with Gasteiger partial charge in [0.25, 0.3) is 0 Å². The van der Waals surface area contributed by atoms with E-state index in [0.717, 1.165) is 11.3 Å². The van der Waals surface area contributed by atoms with Crippen LogP contribution >= 0.6 is 0 Å². The van der Waals surface area contributed by atoms with Gasteiger partial charge >= 0.3 is 0 Å². The number of para-hydroxylation sites is 1. The molecule has 0 bridgehead atoms. The van der Waals surface area contributed by atoms with E-state index in [1.165, 1.54) is 0 Å². The molecule has 2 nitrogen and oxygen atoms in total. The molecule has 1 aromatic rings. The van der Waals surface area contributed by atoms with Crippen LogP contribution in [0.5, 0.6) is 5.75 Å². The minimum atomic E-state index is -0.241. The minimum Gasteiger partial charge on any atom is -0.495 e. The van der Waals surface area contributed by atoms with E-state index in [1.54, 1.807) is 7.11 Å². The molecular formula is C13H16O2. The molecule has 1 aromatic carbocycles. The summed E-state index contributed by atoms with van der Waals surface area (Å²) in [5, 5.41) is 0. The second-order valence-corrected chi connectivity index (χ2v) is 4.14. The van der Waals surface area contributed by atoms with Crippen LogP contribution in [-0.4, -0.2) is 12.7 Å². The quantitative estimate of drug-likeness (QED) is 0.655. The number of hydrogen-bond acceptors (Lipinski definition) is 2. The molecule has 2 heteroatoms. The Morgan fingerprint density at radius 1 is 1.13 bits per heavy atom. The number of rotatable bonds is 1. The largest absolute Gasteiger partial charge is 0.495 e. The molecule has 0 heterocycles. The van der Waals surface area contributed by atoms with Crippen molar-refractivity contribution in [2.75, 3.05) is 7.11 Å². The highest BCUT2D eigenvalue weighted by molar-refractivity contribution is 5.45. The number of ether oxygens (including phenoxy) is 2. The summed E-state index contributed by atoms with van der Waals surface area (Å²) >= 11 is 0. The Balaban J connectivity index is 2.80. The molecule has 0 aliphatic heterocycles. The molecule has 0 saturated carbocycles. The zero-order chi connectivity index (χ0) is 11.3. The van der Waals surface area contributed by atoms with Crippen LogP contribution in [0.1, 0.15) is 26.3 Å². The molecule has 0 fully saturated rings. The summed E-state index contributed by atoms with van der Waals surface area (Å²) in [6.07, 6.45) is 2.69. The SMILES string of the molecule is COc1ccccc1C#COC(C)(C)C. The average molecular weight is 204 g/mol. The molecule has 0 N–H and O–H groups in total. The molecule has 0 unspecified atom stereocenters. The maximum absolute atomic E-state index is 5.32. The van der Waals surface area contributed by atoms with E-state index < -0.39 is 0 Å². The smallest absolute Gasteiger partial charge is 0.134 e. The standard InChI is InChI=1S/C13H16O2/c1-13(2,3)15-10-9-11-7-5-6-8-12(11)14-4/h5-8H,1-4H3. The Morgan fingerprint density at radius 3 is 2.40 bits per heavy atom. The van der Waals surface area contributed by atoms with Crippen molar-refractivity contribution in [3.8, 4) is 17.8 Å². The number of benzene rings is 1. The Kier molecular flexibility index (Phi) is 3.62. The lowest BCUT2D eigenvalue weighted by molar-refractivity contribution is 0.0963. The van der Waals surface area contributed by atoms with Crippen molar-refractivity contribution < 1.29 is 9.47 Å². The molecule has 1 rings (SSSR count). The van der Waals surface area contributed by atoms with Crippen LogP contribution in [0.3, 0.4) is 0 Å². The zero-order valence-electron chi connectivity index (χ0n) is 9.63. The van der Waals surface area contributed by atoms with Crippen LogP contribution in [0.15, 0.2) is 24.3 Å². The van der Waals surface area contributed by atoms with Crippen LogP contribution in [0.25, 0.3) is 0 Å². The van der Waals surface area contributed by atoms with Gasteiger partial charge in [-0.1, -0.05) is 12.1 Å². The first kappa shape index (κ1) is 11.5. The van der Waals surface area contributed by atoms with Gasteiger partial charge in [0.05, 0.1) is 12.7 Å². The predicted molar refractivity (Wildman–Crippen MR) is 60.7 cm³/mol. The summed E-state index contributed by atoms with van der Waals surface area (Å²) < 4.78 is 10.5. The van der Waals surface area contributed by atoms with E-state index in [4.69, 9.17) is 9.47 Å². The molecule has 0 atom stereocenters. The fourth-order valence-corrected chi connectivity index (χ4v) is 0.981. The van der Waals surface area contributed by atoms with E-state index >= 15 is 0 Å². The fraction of sp³-hybridized carbons (Fsp3) is 0.385. The van der Waals surface area contributed by atoms with Gasteiger partial charge in [-0.15, -0.1) is 0 Å². The molecule has 0 amide bonds. The Labute approximate surface area is 91.2 Å². The second kappa shape index (κ2) is 4.75. The lowest BCUT2D eigenvalue weighted by Crippen LogP contribution is -2.15. The van der Waals surface area contributed by atoms with E-state index in [2.05, 4.69) is 12.0 Å². The summed E-state index contributed by atoms with van der Waals surface area (Å²) in [4.78, 5) is 0. The lowest BCUT2D eigenvalue weighted by Gasteiger charge is -2.14. The third kappa shape index (κ3) is 3.95. The predicted octanol–water partition coefficient (Wildman–Crippen LogP) is 2.82. The van der Waals surface area contributed by atoms with Gasteiger partial charge in [0.1, 0.15) is 17.5 Å². The molecule has 0 aliphatic rings. The molecule has 0 aliphatic carbocycles. The van der Waals surface area contributed by atoms with Crippen molar-refractivity contribution in [2.24, 2.45) is 0 Å². The fourth-order valence-electron chi connectivity index (χ4n) is 0.981. The van der Waals surface area contributed by atoms with Gasteiger partial charge in [0.15, 0.2) is 0 Å². The summed E-state index contributed by atoms with van der Waals surface area (Å²) in [6.45, 7) is 5.89. The van der Waals surface area contributed by atoms with Gasteiger partial charge in [0, 0.05) is 0 Å².